The van der Waals surface area contributed by atoms with Crippen molar-refractivity contribution in [3.63, 3.8) is 0 Å². The molecule has 0 aromatic carbocycles. The van der Waals surface area contributed by atoms with Gasteiger partial charge in [0.05, 0.1) is 0 Å². The summed E-state index contributed by atoms with van der Waals surface area (Å²) in [6.45, 7) is 6.49. The summed E-state index contributed by atoms with van der Waals surface area (Å²) < 4.78 is 0. The first-order valence-electron chi connectivity index (χ1n) is 4.96. The highest BCUT2D eigenvalue weighted by atomic mass is 16.2. The first-order chi connectivity index (χ1) is 6.33. The Morgan fingerprint density at radius 3 is 3.15 bits per heavy atom. The average Bonchev–Trinajstić information content (AvgIpc) is 2.63. The molecule has 2 aliphatic rings. The molecule has 0 unspecified atom stereocenters. The number of nitrogens with one attached hydrogen (secondary N) is 1. The fraction of sp³-hybridized carbons (Fsp3) is 0.700. The molecule has 0 spiro atoms. The molecule has 0 radical (unpaired) electrons. The molecule has 2 fully saturated rings. The van der Waals surface area contributed by atoms with Crippen LogP contribution in [0.1, 0.15) is 12.8 Å². The van der Waals surface area contributed by atoms with Gasteiger partial charge in [0.15, 0.2) is 0 Å². The number of rotatable bonds is 1. The number of carbonyl (C=O) groups excluding carboxylic acids is 1. The van der Waals surface area contributed by atoms with Crippen molar-refractivity contribution in [1.29, 1.82) is 0 Å². The summed E-state index contributed by atoms with van der Waals surface area (Å²) in [7, 11) is 0. The van der Waals surface area contributed by atoms with Gasteiger partial charge in [0.25, 0.3) is 0 Å². The summed E-state index contributed by atoms with van der Waals surface area (Å²) in [6.07, 6.45) is 3.84. The lowest BCUT2D eigenvalue weighted by Gasteiger charge is -2.36. The molecule has 2 saturated heterocycles. The number of hydrogen-bond donors (Lipinski definition) is 1. The molecule has 2 heterocycles. The number of carbonyl (C=O) groups is 1. The van der Waals surface area contributed by atoms with E-state index in [1.165, 1.54) is 12.5 Å². The smallest absolute Gasteiger partial charge is 0.246 e. The van der Waals surface area contributed by atoms with Crippen LogP contribution in [0.15, 0.2) is 12.7 Å². The van der Waals surface area contributed by atoms with Gasteiger partial charge in [-0.15, -0.1) is 0 Å². The Morgan fingerprint density at radius 2 is 2.38 bits per heavy atom. The van der Waals surface area contributed by atoms with Gasteiger partial charge < -0.3 is 10.2 Å². The van der Waals surface area contributed by atoms with E-state index in [0.717, 1.165) is 26.1 Å². The Balaban J connectivity index is 2.09. The largest absolute Gasteiger partial charge is 0.335 e. The van der Waals surface area contributed by atoms with E-state index in [9.17, 15) is 4.79 Å². The Labute approximate surface area is 78.8 Å². The molecule has 2 atom stereocenters. The van der Waals surface area contributed by atoms with Crippen molar-refractivity contribution in [2.45, 2.75) is 18.9 Å². The quantitative estimate of drug-likeness (QED) is 0.592. The van der Waals surface area contributed by atoms with Crippen molar-refractivity contribution in [1.82, 2.24) is 10.2 Å². The van der Waals surface area contributed by atoms with Crippen LogP contribution < -0.4 is 5.32 Å². The Hall–Kier alpha value is -0.830. The summed E-state index contributed by atoms with van der Waals surface area (Å²) in [5.41, 5.74) is 0. The number of hydrogen-bond acceptors (Lipinski definition) is 2. The van der Waals surface area contributed by atoms with Gasteiger partial charge in [0, 0.05) is 25.7 Å². The van der Waals surface area contributed by atoms with Crippen molar-refractivity contribution >= 4 is 5.91 Å². The van der Waals surface area contributed by atoms with Crippen LogP contribution in [0.25, 0.3) is 0 Å². The first kappa shape index (κ1) is 8.75. The second-order valence-corrected chi connectivity index (χ2v) is 3.86. The van der Waals surface area contributed by atoms with Crippen molar-refractivity contribution in [2.24, 2.45) is 5.92 Å². The van der Waals surface area contributed by atoms with Crippen molar-refractivity contribution in [2.75, 3.05) is 19.6 Å². The van der Waals surface area contributed by atoms with Crippen LogP contribution in [0.2, 0.25) is 0 Å². The molecule has 0 aliphatic carbocycles. The standard InChI is InChI=1S/C10H16N2O/c1-2-10(13)12-5-3-4-8-6-11-7-9(8)12/h2,8-9,11H,1,3-7H2/t8-,9+/m1/s1. The highest BCUT2D eigenvalue weighted by Gasteiger charge is 2.36. The zero-order valence-electron chi connectivity index (χ0n) is 7.83. The molecular weight excluding hydrogens is 164 g/mol. The van der Waals surface area contributed by atoms with E-state index in [0.29, 0.717) is 12.0 Å². The van der Waals surface area contributed by atoms with Crippen LogP contribution in [0.4, 0.5) is 0 Å². The normalized spacial score (nSPS) is 32.8. The zero-order chi connectivity index (χ0) is 9.26. The van der Waals surface area contributed by atoms with Crippen LogP contribution in [0.3, 0.4) is 0 Å². The molecule has 2 aliphatic heterocycles. The van der Waals surface area contributed by atoms with E-state index in [1.807, 2.05) is 4.90 Å². The first-order valence-corrected chi connectivity index (χ1v) is 4.96. The maximum Gasteiger partial charge on any atom is 0.246 e. The monoisotopic (exact) mass is 180 g/mol. The van der Waals surface area contributed by atoms with E-state index in [2.05, 4.69) is 11.9 Å². The third-order valence-electron chi connectivity index (χ3n) is 3.14. The second-order valence-electron chi connectivity index (χ2n) is 3.86. The van der Waals surface area contributed by atoms with E-state index in [4.69, 9.17) is 0 Å². The van der Waals surface area contributed by atoms with Crippen molar-refractivity contribution in [3.05, 3.63) is 12.7 Å². The minimum Gasteiger partial charge on any atom is -0.335 e. The SMILES string of the molecule is C=CC(=O)N1CCC[C@@H]2CNC[C@@H]21. The number of nitrogens with zero attached hydrogens (tertiary/aromatic N) is 1. The van der Waals surface area contributed by atoms with Crippen LogP contribution in [0, 0.1) is 5.92 Å². The fourth-order valence-corrected chi connectivity index (χ4v) is 2.46. The molecule has 3 heteroatoms. The van der Waals surface area contributed by atoms with Crippen molar-refractivity contribution in [3.8, 4) is 0 Å². The molecule has 1 N–H and O–H groups in total. The van der Waals surface area contributed by atoms with E-state index >= 15 is 0 Å². The van der Waals surface area contributed by atoms with E-state index < -0.39 is 0 Å². The summed E-state index contributed by atoms with van der Waals surface area (Å²) in [6, 6.07) is 0.430. The lowest BCUT2D eigenvalue weighted by Crippen LogP contribution is -2.47. The molecule has 0 aromatic rings. The molecule has 0 saturated carbocycles. The minimum absolute atomic E-state index is 0.0957. The van der Waals surface area contributed by atoms with E-state index in [-0.39, 0.29) is 5.91 Å². The van der Waals surface area contributed by atoms with Gasteiger partial charge in [0.2, 0.25) is 5.91 Å². The van der Waals surface area contributed by atoms with Crippen LogP contribution >= 0.6 is 0 Å². The molecule has 0 aromatic heterocycles. The summed E-state index contributed by atoms with van der Waals surface area (Å²) in [5.74, 6) is 0.774. The van der Waals surface area contributed by atoms with Gasteiger partial charge in [-0.1, -0.05) is 6.58 Å². The van der Waals surface area contributed by atoms with Gasteiger partial charge in [-0.2, -0.15) is 0 Å². The van der Waals surface area contributed by atoms with E-state index in [1.54, 1.807) is 0 Å². The second kappa shape index (κ2) is 3.50. The molecule has 0 bridgehead atoms. The van der Waals surface area contributed by atoms with Crippen LogP contribution in [-0.4, -0.2) is 36.5 Å². The van der Waals surface area contributed by atoms with Crippen LogP contribution in [-0.2, 0) is 4.79 Å². The zero-order valence-corrected chi connectivity index (χ0v) is 7.83. The predicted molar refractivity (Wildman–Crippen MR) is 51.3 cm³/mol. The molecule has 2 rings (SSSR count). The van der Waals surface area contributed by atoms with Gasteiger partial charge >= 0.3 is 0 Å². The lowest BCUT2D eigenvalue weighted by molar-refractivity contribution is -0.130. The summed E-state index contributed by atoms with van der Waals surface area (Å²) in [4.78, 5) is 13.5. The maximum atomic E-state index is 11.5. The average molecular weight is 180 g/mol. The Kier molecular flexibility index (Phi) is 2.36. The third-order valence-corrected chi connectivity index (χ3v) is 3.14. The summed E-state index contributed by atoms with van der Waals surface area (Å²) in [5, 5.41) is 3.35. The maximum absolute atomic E-state index is 11.5. The topological polar surface area (TPSA) is 32.3 Å². The van der Waals surface area contributed by atoms with Crippen molar-refractivity contribution < 1.29 is 4.79 Å². The van der Waals surface area contributed by atoms with Gasteiger partial charge in [-0.3, -0.25) is 4.79 Å². The Morgan fingerprint density at radius 1 is 1.54 bits per heavy atom. The minimum atomic E-state index is 0.0957. The Bertz CT molecular complexity index is 227. The predicted octanol–water partition coefficient (Wildman–Crippen LogP) is 0.383. The van der Waals surface area contributed by atoms with Gasteiger partial charge in [-0.25, -0.2) is 0 Å². The molecule has 13 heavy (non-hydrogen) atoms. The number of fused-ring (bicyclic) bond motifs is 1. The van der Waals surface area contributed by atoms with Crippen LogP contribution in [0.5, 0.6) is 0 Å². The lowest BCUT2D eigenvalue weighted by atomic mass is 9.92. The number of amides is 1. The van der Waals surface area contributed by atoms with Gasteiger partial charge in [0.1, 0.15) is 0 Å². The van der Waals surface area contributed by atoms with Gasteiger partial charge in [-0.05, 0) is 24.8 Å². The summed E-state index contributed by atoms with van der Waals surface area (Å²) >= 11 is 0. The number of piperidine rings is 1. The fourth-order valence-electron chi connectivity index (χ4n) is 2.46. The molecule has 72 valence electrons. The number of likely N-dealkylation sites (tertiary alicyclic amines) is 1. The highest BCUT2D eigenvalue weighted by Crippen LogP contribution is 2.26. The molecule has 1 amide bonds. The highest BCUT2D eigenvalue weighted by molar-refractivity contribution is 5.87. The molecular formula is C10H16N2O. The third kappa shape index (κ3) is 1.48. The molecule has 3 nitrogen and oxygen atoms in total.